The molecular formula is C14H12FN. The molecule has 0 unspecified atom stereocenters. The summed E-state index contributed by atoms with van der Waals surface area (Å²) in [5.74, 6) is 2.38. The number of aromatic nitrogens is 1. The lowest BCUT2D eigenvalue weighted by Crippen LogP contribution is -1.82. The number of halogens is 1. The first kappa shape index (κ1) is 10.5. The minimum Gasteiger partial charge on any atom is -0.351 e. The largest absolute Gasteiger partial charge is 0.351 e. The molecule has 16 heavy (non-hydrogen) atoms. The molecule has 0 saturated carbocycles. The maximum absolute atomic E-state index is 12.8. The van der Waals surface area contributed by atoms with E-state index in [2.05, 4.69) is 10.9 Å². The van der Waals surface area contributed by atoms with E-state index in [1.54, 1.807) is 12.1 Å². The lowest BCUT2D eigenvalue weighted by Gasteiger charge is -2.02. The quantitative estimate of drug-likeness (QED) is 0.699. The van der Waals surface area contributed by atoms with Crippen LogP contribution < -0.4 is 0 Å². The van der Waals surface area contributed by atoms with E-state index in [1.165, 1.54) is 12.1 Å². The molecule has 1 nitrogen and oxygen atoms in total. The van der Waals surface area contributed by atoms with E-state index >= 15 is 0 Å². The normalized spacial score (nSPS) is 10.1. The first-order chi connectivity index (χ1) is 7.63. The van der Waals surface area contributed by atoms with E-state index in [4.69, 9.17) is 6.42 Å². The third-order valence-corrected chi connectivity index (χ3v) is 2.71. The first-order valence-corrected chi connectivity index (χ1v) is 5.05. The van der Waals surface area contributed by atoms with Crippen LogP contribution in [0.4, 0.5) is 4.39 Å². The smallest absolute Gasteiger partial charge is 0.123 e. The van der Waals surface area contributed by atoms with Crippen molar-refractivity contribution in [2.45, 2.75) is 13.8 Å². The van der Waals surface area contributed by atoms with E-state index in [9.17, 15) is 4.39 Å². The molecule has 0 aliphatic carbocycles. The second-order valence-corrected chi connectivity index (χ2v) is 3.78. The van der Waals surface area contributed by atoms with Gasteiger partial charge in [0.1, 0.15) is 5.82 Å². The average Bonchev–Trinajstić information content (AvgIpc) is 2.56. The molecule has 0 aliphatic rings. The van der Waals surface area contributed by atoms with Gasteiger partial charge in [0.2, 0.25) is 0 Å². The number of hydrogen-bond acceptors (Lipinski definition) is 0. The van der Waals surface area contributed by atoms with Crippen LogP contribution in [0.2, 0.25) is 0 Å². The lowest BCUT2D eigenvalue weighted by molar-refractivity contribution is 0.628. The number of terminal acetylenes is 1. The van der Waals surface area contributed by atoms with Crippen LogP contribution in [0.25, 0.3) is 11.1 Å². The van der Waals surface area contributed by atoms with Crippen LogP contribution >= 0.6 is 0 Å². The highest BCUT2D eigenvalue weighted by Gasteiger charge is 2.11. The van der Waals surface area contributed by atoms with Gasteiger partial charge in [-0.05, 0) is 37.1 Å². The Morgan fingerprint density at radius 2 is 1.81 bits per heavy atom. The number of aryl methyl sites for hydroxylation is 1. The van der Waals surface area contributed by atoms with Crippen molar-refractivity contribution in [2.24, 2.45) is 0 Å². The molecule has 0 spiro atoms. The monoisotopic (exact) mass is 213 g/mol. The van der Waals surface area contributed by atoms with E-state index in [0.717, 1.165) is 28.1 Å². The molecule has 0 bridgehead atoms. The van der Waals surface area contributed by atoms with Crippen molar-refractivity contribution in [1.29, 1.82) is 0 Å². The van der Waals surface area contributed by atoms with Gasteiger partial charge >= 0.3 is 0 Å². The molecule has 1 aromatic carbocycles. The molecule has 1 aromatic heterocycles. The molecule has 80 valence electrons. The van der Waals surface area contributed by atoms with Crippen molar-refractivity contribution in [3.63, 3.8) is 0 Å². The fraction of sp³-hybridized carbons (Fsp3) is 0.143. The van der Waals surface area contributed by atoms with Crippen molar-refractivity contribution < 1.29 is 4.39 Å². The fourth-order valence-corrected chi connectivity index (χ4v) is 1.94. The third-order valence-electron chi connectivity index (χ3n) is 2.71. The van der Waals surface area contributed by atoms with Gasteiger partial charge in [-0.1, -0.05) is 18.1 Å². The van der Waals surface area contributed by atoms with Gasteiger partial charge in [-0.2, -0.15) is 0 Å². The van der Waals surface area contributed by atoms with Crippen molar-refractivity contribution in [2.75, 3.05) is 0 Å². The summed E-state index contributed by atoms with van der Waals surface area (Å²) in [6, 6.07) is 6.44. The van der Waals surface area contributed by atoms with Crippen LogP contribution in [0.3, 0.4) is 0 Å². The molecule has 2 rings (SSSR count). The number of rotatable bonds is 1. The number of nitrogens with one attached hydrogen (secondary N) is 1. The number of benzene rings is 1. The Morgan fingerprint density at radius 3 is 2.31 bits per heavy atom. The van der Waals surface area contributed by atoms with Crippen LogP contribution in [0.15, 0.2) is 24.3 Å². The number of aromatic amines is 1. The topological polar surface area (TPSA) is 15.8 Å². The first-order valence-electron chi connectivity index (χ1n) is 5.05. The summed E-state index contributed by atoms with van der Waals surface area (Å²) in [5, 5.41) is 0. The zero-order chi connectivity index (χ0) is 11.7. The highest BCUT2D eigenvalue weighted by Crippen LogP contribution is 2.29. The van der Waals surface area contributed by atoms with Crippen molar-refractivity contribution in [3.8, 4) is 23.5 Å². The van der Waals surface area contributed by atoms with Gasteiger partial charge in [-0.15, -0.1) is 6.42 Å². The Morgan fingerprint density at radius 1 is 1.19 bits per heavy atom. The molecule has 1 heterocycles. The summed E-state index contributed by atoms with van der Waals surface area (Å²) >= 11 is 0. The van der Waals surface area contributed by atoms with Gasteiger partial charge in [0, 0.05) is 11.3 Å². The summed E-state index contributed by atoms with van der Waals surface area (Å²) in [5.41, 5.74) is 4.88. The minimum absolute atomic E-state index is 0.230. The van der Waals surface area contributed by atoms with Gasteiger partial charge in [0.15, 0.2) is 0 Å². The maximum atomic E-state index is 12.8. The van der Waals surface area contributed by atoms with Gasteiger partial charge in [0.25, 0.3) is 0 Å². The average molecular weight is 213 g/mol. The predicted molar refractivity (Wildman–Crippen MR) is 63.6 cm³/mol. The summed E-state index contributed by atoms with van der Waals surface area (Å²) in [4.78, 5) is 3.15. The van der Waals surface area contributed by atoms with Gasteiger partial charge in [-0.25, -0.2) is 4.39 Å². The van der Waals surface area contributed by atoms with Crippen LogP contribution in [-0.2, 0) is 0 Å². The molecule has 2 aromatic rings. The second kappa shape index (κ2) is 3.86. The van der Waals surface area contributed by atoms with E-state index in [1.807, 2.05) is 13.8 Å². The van der Waals surface area contributed by atoms with Gasteiger partial charge in [-0.3, -0.25) is 0 Å². The van der Waals surface area contributed by atoms with E-state index in [-0.39, 0.29) is 5.82 Å². The van der Waals surface area contributed by atoms with E-state index in [0.29, 0.717) is 0 Å². The molecule has 2 heteroatoms. The minimum atomic E-state index is -0.230. The van der Waals surface area contributed by atoms with E-state index < -0.39 is 0 Å². The van der Waals surface area contributed by atoms with Crippen LogP contribution in [0.1, 0.15) is 17.0 Å². The molecule has 1 N–H and O–H groups in total. The molecule has 0 fully saturated rings. The van der Waals surface area contributed by atoms with Crippen molar-refractivity contribution in [1.82, 2.24) is 4.98 Å². The predicted octanol–water partition coefficient (Wildman–Crippen LogP) is 3.42. The molecule has 0 radical (unpaired) electrons. The zero-order valence-electron chi connectivity index (χ0n) is 9.26. The summed E-state index contributed by atoms with van der Waals surface area (Å²) in [6.07, 6.45) is 5.39. The lowest BCUT2D eigenvalue weighted by atomic mass is 10.0. The molecular weight excluding hydrogens is 201 g/mol. The Kier molecular flexibility index (Phi) is 2.54. The maximum Gasteiger partial charge on any atom is 0.123 e. The van der Waals surface area contributed by atoms with Crippen LogP contribution in [0, 0.1) is 32.0 Å². The Hall–Kier alpha value is -2.01. The summed E-state index contributed by atoms with van der Waals surface area (Å²) in [6.45, 7) is 3.93. The SMILES string of the molecule is C#Cc1[nH]c(C)c(-c2ccc(F)cc2)c1C. The Labute approximate surface area is 94.3 Å². The number of H-pyrrole nitrogens is 1. The highest BCUT2D eigenvalue weighted by atomic mass is 19.1. The third kappa shape index (κ3) is 1.61. The highest BCUT2D eigenvalue weighted by molar-refractivity contribution is 5.72. The van der Waals surface area contributed by atoms with Gasteiger partial charge < -0.3 is 4.98 Å². The fourth-order valence-electron chi connectivity index (χ4n) is 1.94. The Balaban J connectivity index is 2.61. The van der Waals surface area contributed by atoms with Gasteiger partial charge in [0.05, 0.1) is 5.69 Å². The van der Waals surface area contributed by atoms with Crippen molar-refractivity contribution >= 4 is 0 Å². The molecule has 0 aliphatic heterocycles. The summed E-state index contributed by atoms with van der Waals surface area (Å²) in [7, 11) is 0. The Bertz CT molecular complexity index is 556. The van der Waals surface area contributed by atoms with Crippen molar-refractivity contribution in [3.05, 3.63) is 47.0 Å². The number of hydrogen-bond donors (Lipinski definition) is 1. The summed E-state index contributed by atoms with van der Waals surface area (Å²) < 4.78 is 12.8. The zero-order valence-corrected chi connectivity index (χ0v) is 9.26. The van der Waals surface area contributed by atoms with Crippen LogP contribution in [0.5, 0.6) is 0 Å². The molecule has 0 amide bonds. The standard InChI is InChI=1S/C14H12FN/c1-4-13-9(2)14(10(3)16-13)11-5-7-12(15)8-6-11/h1,5-8,16H,2-3H3. The molecule has 0 atom stereocenters. The molecule has 0 saturated heterocycles. The second-order valence-electron chi connectivity index (χ2n) is 3.78. The van der Waals surface area contributed by atoms with Crippen LogP contribution in [-0.4, -0.2) is 4.98 Å².